The molecular formula is C52H76O2S. The lowest BCUT2D eigenvalue weighted by atomic mass is 9.56. The first-order valence-corrected chi connectivity index (χ1v) is 26.6. The second-order valence-electron chi connectivity index (χ2n) is 26.2. The molecule has 17 fully saturated rings. The van der Waals surface area contributed by atoms with E-state index in [-0.39, 0.29) is 0 Å². The summed E-state index contributed by atoms with van der Waals surface area (Å²) in [5.74, 6) is 30.5. The molecule has 17 aliphatic rings. The lowest BCUT2D eigenvalue weighted by molar-refractivity contribution is 0.00189. The van der Waals surface area contributed by atoms with Crippen molar-refractivity contribution in [2.24, 2.45) is 166 Å². The van der Waals surface area contributed by atoms with Gasteiger partial charge in [-0.15, -0.1) is 0 Å². The third kappa shape index (κ3) is 4.01. The molecule has 2 nitrogen and oxygen atoms in total. The number of rotatable bonds is 0. The monoisotopic (exact) mass is 765 g/mol. The van der Waals surface area contributed by atoms with Crippen LogP contribution in [0.5, 0.6) is 0 Å². The van der Waals surface area contributed by atoms with Crippen LogP contribution in [0.2, 0.25) is 0 Å². The Morgan fingerprint density at radius 1 is 0.327 bits per heavy atom. The van der Waals surface area contributed by atoms with E-state index >= 15 is 0 Å². The molecule has 11 saturated carbocycles. The average molecular weight is 765 g/mol. The molecule has 6 aliphatic heterocycles. The van der Waals surface area contributed by atoms with Crippen molar-refractivity contribution in [1.82, 2.24) is 0 Å². The fourth-order valence-electron chi connectivity index (χ4n) is 24.4. The molecule has 11 aliphatic carbocycles. The number of fused-ring (bicyclic) bond motifs is 44. The van der Waals surface area contributed by atoms with Gasteiger partial charge in [0, 0.05) is 10.5 Å². The minimum Gasteiger partial charge on any atom is -0.374 e. The van der Waals surface area contributed by atoms with Gasteiger partial charge in [-0.1, -0.05) is 41.5 Å². The van der Waals surface area contributed by atoms with E-state index in [1.807, 2.05) is 0 Å². The van der Waals surface area contributed by atoms with Crippen molar-refractivity contribution in [1.29, 1.82) is 0 Å². The summed E-state index contributed by atoms with van der Waals surface area (Å²) in [6.07, 6.45) is 21.4. The van der Waals surface area contributed by atoms with Crippen LogP contribution in [0.25, 0.3) is 0 Å². The van der Waals surface area contributed by atoms with E-state index in [4.69, 9.17) is 9.47 Å². The number of hydrogen-bond donors (Lipinski definition) is 0. The number of thioether (sulfide) groups is 1. The van der Waals surface area contributed by atoms with Crippen molar-refractivity contribution >= 4 is 11.8 Å². The van der Waals surface area contributed by atoms with Crippen LogP contribution in [0.3, 0.4) is 0 Å². The minimum atomic E-state index is 0.660. The Balaban J connectivity index is 0.0000000832. The van der Waals surface area contributed by atoms with Crippen LogP contribution in [0, 0.1) is 166 Å². The van der Waals surface area contributed by atoms with Crippen LogP contribution in [-0.4, -0.2) is 34.9 Å². The van der Waals surface area contributed by atoms with E-state index < -0.39 is 0 Å². The topological polar surface area (TPSA) is 18.5 Å². The molecule has 0 N–H and O–H groups in total. The van der Waals surface area contributed by atoms with E-state index in [2.05, 4.69) is 53.3 Å². The molecular weight excluding hydrogens is 689 g/mol. The second kappa shape index (κ2) is 11.2. The Hall–Kier alpha value is 0.270. The zero-order chi connectivity index (χ0) is 36.2. The molecule has 55 heavy (non-hydrogen) atoms. The van der Waals surface area contributed by atoms with Gasteiger partial charge in [-0.2, -0.15) is 11.8 Å². The van der Waals surface area contributed by atoms with E-state index in [9.17, 15) is 0 Å². The van der Waals surface area contributed by atoms with Crippen molar-refractivity contribution in [2.45, 2.75) is 154 Å². The maximum Gasteiger partial charge on any atom is 0.0640 e. The first kappa shape index (κ1) is 33.9. The largest absolute Gasteiger partial charge is 0.374 e. The van der Waals surface area contributed by atoms with E-state index in [0.717, 1.165) is 135 Å². The van der Waals surface area contributed by atoms with Gasteiger partial charge >= 0.3 is 0 Å². The van der Waals surface area contributed by atoms with Gasteiger partial charge in [0.1, 0.15) is 0 Å². The van der Waals surface area contributed by atoms with Crippen LogP contribution in [-0.2, 0) is 9.47 Å². The van der Waals surface area contributed by atoms with Gasteiger partial charge in [-0.3, -0.25) is 0 Å². The average Bonchev–Trinajstić information content (AvgIpc) is 3.98. The minimum absolute atomic E-state index is 0.660. The summed E-state index contributed by atoms with van der Waals surface area (Å²) in [4.78, 5) is 0. The summed E-state index contributed by atoms with van der Waals surface area (Å²) < 4.78 is 12.7. The first-order valence-electron chi connectivity index (χ1n) is 25.7. The van der Waals surface area contributed by atoms with Gasteiger partial charge in [-0.25, -0.2) is 0 Å². The third-order valence-corrected chi connectivity index (χ3v) is 26.7. The maximum absolute atomic E-state index is 6.50. The Labute approximate surface area is 339 Å². The van der Waals surface area contributed by atoms with Gasteiger partial charge in [0.25, 0.3) is 0 Å². The lowest BCUT2D eigenvalue weighted by Gasteiger charge is -2.47. The van der Waals surface area contributed by atoms with Crippen LogP contribution >= 0.6 is 11.8 Å². The molecule has 0 aromatic heterocycles. The predicted octanol–water partition coefficient (Wildman–Crippen LogP) is 11.2. The molecule has 6 heterocycles. The van der Waals surface area contributed by atoms with Gasteiger partial charge in [0.2, 0.25) is 0 Å². The molecule has 0 spiro atoms. The Morgan fingerprint density at radius 2 is 0.836 bits per heavy atom. The summed E-state index contributed by atoms with van der Waals surface area (Å²) in [5.41, 5.74) is 0. The fourth-order valence-corrected chi connectivity index (χ4v) is 26.7. The number of ether oxygens (including phenoxy) is 2. The standard InChI is InChI=1S/C21H30O.C18H26S.C13H20O/c1-8-3-10-11(4-8)13-6-12(10)17-14-7-15(18(13)17)20-19(14)16-5-9(2)21(20)22-16;1-7-3-9-5-10(7)15-12-6-11(14(9)15)17-16(12)13-4-8(2)18(17)19-13;1-6-3-8-5-9(6)12-10-4-7(2)13(14-10)11(8)12/h8-21H,3-7H2,1-2H3;7-18H,3-6H2,1-2H3;6-13H,3-5H2,1-2H3. The van der Waals surface area contributed by atoms with Gasteiger partial charge in [0.05, 0.1) is 24.4 Å². The van der Waals surface area contributed by atoms with Crippen molar-refractivity contribution in [3.8, 4) is 0 Å². The first-order chi connectivity index (χ1) is 26.7. The fraction of sp³-hybridized carbons (Fsp3) is 1.00. The Morgan fingerprint density at radius 3 is 1.51 bits per heavy atom. The molecule has 3 heteroatoms. The van der Waals surface area contributed by atoms with E-state index in [1.54, 1.807) is 57.8 Å². The van der Waals surface area contributed by atoms with Gasteiger partial charge in [0.15, 0.2) is 0 Å². The lowest BCUT2D eigenvalue weighted by Crippen LogP contribution is -2.47. The number of hydrogen-bond acceptors (Lipinski definition) is 3. The van der Waals surface area contributed by atoms with Gasteiger partial charge in [-0.05, 0) is 243 Å². The van der Waals surface area contributed by atoms with Crippen molar-refractivity contribution < 1.29 is 9.47 Å². The van der Waals surface area contributed by atoms with Crippen LogP contribution in [0.4, 0.5) is 0 Å². The summed E-state index contributed by atoms with van der Waals surface area (Å²) in [6.45, 7) is 15.0. The highest BCUT2D eigenvalue weighted by Crippen LogP contribution is 2.79. The van der Waals surface area contributed by atoms with Crippen LogP contribution < -0.4 is 0 Å². The molecule has 302 valence electrons. The summed E-state index contributed by atoms with van der Waals surface area (Å²) in [7, 11) is 0. The zero-order valence-electron chi connectivity index (χ0n) is 35.3. The SMILES string of the molecule is CC1CC2C(C1)C1CC2C2C3CC(C12)C1C2OC(CC2C)C31.CC1CC2CC1C1C3CC(C)C(O3)C21.CC1CC2CC1C1C3CC(C21)C1C2SC(CC2C)C31. The molecule has 0 aromatic rings. The Kier molecular flexibility index (Phi) is 6.91. The molecule has 0 radical (unpaired) electrons. The normalized spacial score (nSPS) is 73.6. The molecule has 17 rings (SSSR count). The molecule has 34 atom stereocenters. The highest BCUT2D eigenvalue weighted by atomic mass is 32.2. The summed E-state index contributed by atoms with van der Waals surface area (Å²) in [5, 5.41) is 2.18. The molecule has 16 bridgehead atoms. The predicted molar refractivity (Wildman–Crippen MR) is 220 cm³/mol. The molecule has 6 saturated heterocycles. The second-order valence-corrected chi connectivity index (χ2v) is 27.6. The smallest absolute Gasteiger partial charge is 0.0640 e. The quantitative estimate of drug-likeness (QED) is 0.229. The molecule has 0 amide bonds. The highest BCUT2D eigenvalue weighted by Gasteiger charge is 2.76. The molecule has 0 aromatic carbocycles. The maximum atomic E-state index is 6.50. The zero-order valence-corrected chi connectivity index (χ0v) is 36.2. The van der Waals surface area contributed by atoms with E-state index in [0.29, 0.717) is 24.4 Å². The highest BCUT2D eigenvalue weighted by molar-refractivity contribution is 8.01. The van der Waals surface area contributed by atoms with Crippen molar-refractivity contribution in [2.75, 3.05) is 0 Å². The molecule has 34 unspecified atom stereocenters. The third-order valence-electron chi connectivity index (χ3n) is 24.8. The summed E-state index contributed by atoms with van der Waals surface area (Å²) in [6, 6.07) is 0. The Bertz CT molecular complexity index is 1560. The van der Waals surface area contributed by atoms with E-state index in [1.165, 1.54) is 60.7 Å². The van der Waals surface area contributed by atoms with Crippen LogP contribution in [0.1, 0.15) is 119 Å². The van der Waals surface area contributed by atoms with Crippen molar-refractivity contribution in [3.63, 3.8) is 0 Å². The summed E-state index contributed by atoms with van der Waals surface area (Å²) >= 11 is 2.44. The van der Waals surface area contributed by atoms with Crippen LogP contribution in [0.15, 0.2) is 0 Å². The van der Waals surface area contributed by atoms with Crippen molar-refractivity contribution in [3.05, 3.63) is 0 Å². The van der Waals surface area contributed by atoms with Gasteiger partial charge < -0.3 is 9.47 Å².